The van der Waals surface area contributed by atoms with Gasteiger partial charge in [0.1, 0.15) is 5.82 Å². The zero-order chi connectivity index (χ0) is 22.1. The van der Waals surface area contributed by atoms with Crippen LogP contribution in [0.2, 0.25) is 5.02 Å². The Kier molecular flexibility index (Phi) is 6.39. The summed E-state index contributed by atoms with van der Waals surface area (Å²) in [7, 11) is -2.40. The first-order valence-electron chi connectivity index (χ1n) is 8.34. The standard InChI is InChI=1S/C19H15ClFNO6S2/c1-27-16-7-11(3-6-15(16)28-30(2,25)26)8-17-18(23)22(19(24)29-17)10-12-4-5-13(21)9-14(12)20/h3-9H,10H2,1-2H3/b17-8-. The lowest BCUT2D eigenvalue weighted by Gasteiger charge is -2.13. The van der Waals surface area contributed by atoms with Crippen molar-refractivity contribution in [2.45, 2.75) is 6.54 Å². The summed E-state index contributed by atoms with van der Waals surface area (Å²) in [6.07, 6.45) is 2.38. The number of hydrogen-bond donors (Lipinski definition) is 0. The summed E-state index contributed by atoms with van der Waals surface area (Å²) in [4.78, 5) is 26.1. The SMILES string of the molecule is COc1cc(/C=C2\SC(=O)N(Cc3ccc(F)cc3Cl)C2=O)ccc1OS(C)(=O)=O. The molecule has 0 N–H and O–H groups in total. The van der Waals surface area contributed by atoms with E-state index in [1.165, 1.54) is 43.5 Å². The molecule has 1 heterocycles. The lowest BCUT2D eigenvalue weighted by Crippen LogP contribution is -2.27. The Bertz CT molecular complexity index is 1170. The number of rotatable bonds is 6. The summed E-state index contributed by atoms with van der Waals surface area (Å²) in [5, 5.41) is -0.375. The maximum Gasteiger partial charge on any atom is 0.306 e. The van der Waals surface area contributed by atoms with E-state index in [2.05, 4.69) is 0 Å². The molecule has 11 heteroatoms. The molecule has 0 saturated carbocycles. The minimum absolute atomic E-state index is 0.00351. The van der Waals surface area contributed by atoms with E-state index in [0.29, 0.717) is 11.1 Å². The number of nitrogens with zero attached hydrogens (tertiary/aromatic N) is 1. The van der Waals surface area contributed by atoms with Gasteiger partial charge in [-0.05, 0) is 53.2 Å². The van der Waals surface area contributed by atoms with Gasteiger partial charge in [-0.1, -0.05) is 23.7 Å². The van der Waals surface area contributed by atoms with Crippen LogP contribution in [-0.4, -0.2) is 37.8 Å². The molecule has 2 amide bonds. The molecule has 0 spiro atoms. The Morgan fingerprint density at radius 3 is 2.53 bits per heavy atom. The van der Waals surface area contributed by atoms with Crippen LogP contribution >= 0.6 is 23.4 Å². The average Bonchev–Trinajstić information content (AvgIpc) is 2.91. The van der Waals surface area contributed by atoms with Crippen LogP contribution in [0, 0.1) is 5.82 Å². The lowest BCUT2D eigenvalue weighted by molar-refractivity contribution is -0.123. The van der Waals surface area contributed by atoms with Crippen LogP contribution in [0.1, 0.15) is 11.1 Å². The van der Waals surface area contributed by atoms with Gasteiger partial charge in [0.05, 0.1) is 24.8 Å². The van der Waals surface area contributed by atoms with E-state index in [1.54, 1.807) is 0 Å². The highest BCUT2D eigenvalue weighted by atomic mass is 35.5. The largest absolute Gasteiger partial charge is 0.493 e. The van der Waals surface area contributed by atoms with Gasteiger partial charge >= 0.3 is 10.1 Å². The minimum Gasteiger partial charge on any atom is -0.493 e. The van der Waals surface area contributed by atoms with Crippen molar-refractivity contribution in [2.24, 2.45) is 0 Å². The van der Waals surface area contributed by atoms with Gasteiger partial charge in [0.2, 0.25) is 0 Å². The van der Waals surface area contributed by atoms with Crippen LogP contribution in [0.4, 0.5) is 9.18 Å². The minimum atomic E-state index is -3.74. The van der Waals surface area contributed by atoms with Crippen molar-refractivity contribution in [2.75, 3.05) is 13.4 Å². The van der Waals surface area contributed by atoms with E-state index in [0.717, 1.165) is 29.0 Å². The monoisotopic (exact) mass is 471 g/mol. The molecule has 0 aromatic heterocycles. The molecule has 7 nitrogen and oxygen atoms in total. The summed E-state index contributed by atoms with van der Waals surface area (Å²) >= 11 is 6.73. The lowest BCUT2D eigenvalue weighted by atomic mass is 10.1. The van der Waals surface area contributed by atoms with Crippen molar-refractivity contribution < 1.29 is 31.3 Å². The molecule has 30 heavy (non-hydrogen) atoms. The smallest absolute Gasteiger partial charge is 0.306 e. The Balaban J connectivity index is 1.84. The van der Waals surface area contributed by atoms with E-state index < -0.39 is 27.1 Å². The first kappa shape index (κ1) is 22.1. The number of hydrogen-bond acceptors (Lipinski definition) is 7. The molecular weight excluding hydrogens is 457 g/mol. The van der Waals surface area contributed by atoms with E-state index >= 15 is 0 Å². The fraction of sp³-hybridized carbons (Fsp3) is 0.158. The normalized spacial score (nSPS) is 15.7. The van der Waals surface area contributed by atoms with E-state index in [-0.39, 0.29) is 28.0 Å². The van der Waals surface area contributed by atoms with Crippen LogP contribution in [0.15, 0.2) is 41.3 Å². The van der Waals surface area contributed by atoms with Crippen molar-refractivity contribution >= 4 is 50.7 Å². The molecule has 0 atom stereocenters. The van der Waals surface area contributed by atoms with Crippen LogP contribution < -0.4 is 8.92 Å². The number of halogens is 2. The number of amides is 2. The van der Waals surface area contributed by atoms with E-state index in [9.17, 15) is 22.4 Å². The highest BCUT2D eigenvalue weighted by molar-refractivity contribution is 8.18. The van der Waals surface area contributed by atoms with Gasteiger partial charge in [-0.25, -0.2) is 4.39 Å². The fourth-order valence-electron chi connectivity index (χ4n) is 2.61. The first-order valence-corrected chi connectivity index (χ1v) is 11.4. The van der Waals surface area contributed by atoms with Crippen molar-refractivity contribution in [1.82, 2.24) is 4.90 Å². The molecular formula is C19H15ClFNO6S2. The Hall–Kier alpha value is -2.56. The quantitative estimate of drug-likeness (QED) is 0.463. The second kappa shape index (κ2) is 8.66. The third-order valence-electron chi connectivity index (χ3n) is 3.94. The molecule has 2 aromatic carbocycles. The summed E-state index contributed by atoms with van der Waals surface area (Å²) in [5.41, 5.74) is 0.934. The predicted molar refractivity (Wildman–Crippen MR) is 111 cm³/mol. The second-order valence-electron chi connectivity index (χ2n) is 6.20. The van der Waals surface area contributed by atoms with E-state index in [4.69, 9.17) is 20.5 Å². The average molecular weight is 472 g/mol. The summed E-state index contributed by atoms with van der Waals surface area (Å²) in [6.45, 7) is -0.0917. The van der Waals surface area contributed by atoms with Crippen molar-refractivity contribution in [1.29, 1.82) is 0 Å². The zero-order valence-corrected chi connectivity index (χ0v) is 18.1. The number of carbonyl (C=O) groups is 2. The highest BCUT2D eigenvalue weighted by Gasteiger charge is 2.35. The molecule has 0 unspecified atom stereocenters. The zero-order valence-electron chi connectivity index (χ0n) is 15.7. The molecule has 0 aliphatic carbocycles. The van der Waals surface area contributed by atoms with Gasteiger partial charge in [-0.2, -0.15) is 8.42 Å². The first-order chi connectivity index (χ1) is 14.1. The number of carbonyl (C=O) groups excluding carboxylic acids is 2. The molecule has 3 rings (SSSR count). The number of methoxy groups -OCH3 is 1. The third-order valence-corrected chi connectivity index (χ3v) is 5.69. The predicted octanol–water partition coefficient (Wildman–Crippen LogP) is 4.06. The molecule has 0 radical (unpaired) electrons. The van der Waals surface area contributed by atoms with Crippen LogP contribution in [0.3, 0.4) is 0 Å². The molecule has 1 aliphatic heterocycles. The van der Waals surface area contributed by atoms with Gasteiger partial charge in [0, 0.05) is 5.02 Å². The van der Waals surface area contributed by atoms with Crippen LogP contribution in [-0.2, 0) is 21.5 Å². The topological polar surface area (TPSA) is 90.0 Å². The Morgan fingerprint density at radius 1 is 1.17 bits per heavy atom. The van der Waals surface area contributed by atoms with Gasteiger partial charge in [-0.15, -0.1) is 0 Å². The number of thioether (sulfide) groups is 1. The Morgan fingerprint density at radius 2 is 1.90 bits per heavy atom. The van der Waals surface area contributed by atoms with Gasteiger partial charge in [0.15, 0.2) is 11.5 Å². The third kappa shape index (κ3) is 5.13. The maximum absolute atomic E-state index is 13.2. The molecule has 0 bridgehead atoms. The number of benzene rings is 2. The van der Waals surface area contributed by atoms with Crippen molar-refractivity contribution in [3.8, 4) is 11.5 Å². The van der Waals surface area contributed by atoms with Crippen LogP contribution in [0.25, 0.3) is 6.08 Å². The van der Waals surface area contributed by atoms with Crippen molar-refractivity contribution in [3.05, 3.63) is 63.3 Å². The van der Waals surface area contributed by atoms with Crippen LogP contribution in [0.5, 0.6) is 11.5 Å². The highest BCUT2D eigenvalue weighted by Crippen LogP contribution is 2.36. The molecule has 1 aliphatic rings. The molecule has 1 saturated heterocycles. The summed E-state index contributed by atoms with van der Waals surface area (Å²) in [5.74, 6) is -0.904. The van der Waals surface area contributed by atoms with Gasteiger partial charge in [-0.3, -0.25) is 14.5 Å². The number of imide groups is 1. The molecule has 1 fully saturated rings. The Labute approximate surface area is 181 Å². The fourth-order valence-corrected chi connectivity index (χ4v) is 4.14. The maximum atomic E-state index is 13.2. The van der Waals surface area contributed by atoms with Gasteiger partial charge in [0.25, 0.3) is 11.1 Å². The number of ether oxygens (including phenoxy) is 1. The summed E-state index contributed by atoms with van der Waals surface area (Å²) in [6, 6.07) is 8.10. The van der Waals surface area contributed by atoms with E-state index in [1.807, 2.05) is 0 Å². The molecule has 158 valence electrons. The second-order valence-corrected chi connectivity index (χ2v) is 9.18. The summed E-state index contributed by atoms with van der Waals surface area (Å²) < 4.78 is 45.8. The van der Waals surface area contributed by atoms with Gasteiger partial charge < -0.3 is 8.92 Å². The molecule has 2 aromatic rings. The van der Waals surface area contributed by atoms with Crippen molar-refractivity contribution in [3.63, 3.8) is 0 Å².